The Kier molecular flexibility index (Phi) is 6.48. The second-order valence-corrected chi connectivity index (χ2v) is 8.37. The number of anilines is 2. The fraction of sp³-hybridized carbons (Fsp3) is 0.263. The van der Waals surface area contributed by atoms with Gasteiger partial charge in [0.15, 0.2) is 4.34 Å². The largest absolute Gasteiger partial charge is 0.357 e. The molecular formula is C19H22N6OS2. The van der Waals surface area contributed by atoms with Gasteiger partial charge in [0.1, 0.15) is 0 Å². The zero-order valence-electron chi connectivity index (χ0n) is 16.0. The number of aromatic nitrogens is 4. The van der Waals surface area contributed by atoms with Crippen LogP contribution >= 0.6 is 23.1 Å². The minimum atomic E-state index is -0.101. The van der Waals surface area contributed by atoms with Crippen LogP contribution in [0.2, 0.25) is 0 Å². The van der Waals surface area contributed by atoms with E-state index >= 15 is 0 Å². The number of thioether (sulfide) groups is 1. The summed E-state index contributed by atoms with van der Waals surface area (Å²) >= 11 is 2.77. The Morgan fingerprint density at radius 1 is 1.25 bits per heavy atom. The van der Waals surface area contributed by atoms with Crippen molar-refractivity contribution in [1.82, 2.24) is 20.0 Å². The number of nitrogens with one attached hydrogen (secondary N) is 2. The maximum absolute atomic E-state index is 12.4. The molecule has 0 saturated carbocycles. The molecule has 0 bridgehead atoms. The number of amides is 1. The van der Waals surface area contributed by atoms with Gasteiger partial charge in [0, 0.05) is 6.54 Å². The summed E-state index contributed by atoms with van der Waals surface area (Å²) in [4.78, 5) is 12.4. The SMILES string of the molecule is C=CCNc1nnc(SCC(=O)Nc2c(C)nn(-c3ccc(C)cc3)c2C)s1. The van der Waals surface area contributed by atoms with Crippen molar-refractivity contribution < 1.29 is 4.79 Å². The van der Waals surface area contributed by atoms with Gasteiger partial charge in [-0.3, -0.25) is 4.79 Å². The third-order valence-corrected chi connectivity index (χ3v) is 5.98. The predicted molar refractivity (Wildman–Crippen MR) is 116 cm³/mol. The summed E-state index contributed by atoms with van der Waals surface area (Å²) < 4.78 is 2.59. The molecule has 2 aromatic heterocycles. The minimum Gasteiger partial charge on any atom is -0.357 e. The van der Waals surface area contributed by atoms with Gasteiger partial charge in [-0.15, -0.1) is 16.8 Å². The normalized spacial score (nSPS) is 10.7. The van der Waals surface area contributed by atoms with Gasteiger partial charge < -0.3 is 10.6 Å². The summed E-state index contributed by atoms with van der Waals surface area (Å²) in [5.74, 6) is 0.153. The van der Waals surface area contributed by atoms with Crippen LogP contribution in [0.3, 0.4) is 0 Å². The Bertz CT molecular complexity index is 977. The van der Waals surface area contributed by atoms with Crippen LogP contribution < -0.4 is 10.6 Å². The molecule has 0 saturated heterocycles. The van der Waals surface area contributed by atoms with E-state index in [1.807, 2.05) is 49.7 Å². The number of carbonyl (C=O) groups is 1. The molecular weight excluding hydrogens is 392 g/mol. The molecule has 0 unspecified atom stereocenters. The number of carbonyl (C=O) groups excluding carboxylic acids is 1. The first-order chi connectivity index (χ1) is 13.5. The van der Waals surface area contributed by atoms with E-state index in [9.17, 15) is 4.79 Å². The molecule has 3 aromatic rings. The van der Waals surface area contributed by atoms with Gasteiger partial charge in [-0.05, 0) is 32.9 Å². The van der Waals surface area contributed by atoms with Crippen LogP contribution in [0.1, 0.15) is 17.0 Å². The van der Waals surface area contributed by atoms with Gasteiger partial charge in [0.25, 0.3) is 0 Å². The number of hydrogen-bond acceptors (Lipinski definition) is 7. The van der Waals surface area contributed by atoms with Gasteiger partial charge >= 0.3 is 0 Å². The summed E-state index contributed by atoms with van der Waals surface area (Å²) in [5.41, 5.74) is 4.58. The van der Waals surface area contributed by atoms with Crippen LogP contribution in [-0.4, -0.2) is 38.2 Å². The lowest BCUT2D eigenvalue weighted by Gasteiger charge is -2.07. The summed E-state index contributed by atoms with van der Waals surface area (Å²) in [6, 6.07) is 8.12. The number of benzene rings is 1. The van der Waals surface area contributed by atoms with E-state index < -0.39 is 0 Å². The highest BCUT2D eigenvalue weighted by molar-refractivity contribution is 8.01. The van der Waals surface area contributed by atoms with Crippen LogP contribution in [0.25, 0.3) is 5.69 Å². The van der Waals surface area contributed by atoms with E-state index in [0.29, 0.717) is 11.7 Å². The molecule has 9 heteroatoms. The zero-order chi connectivity index (χ0) is 20.1. The first-order valence-electron chi connectivity index (χ1n) is 8.72. The van der Waals surface area contributed by atoms with Gasteiger partial charge in [-0.25, -0.2) is 4.68 Å². The Morgan fingerprint density at radius 2 is 2.00 bits per heavy atom. The number of nitrogens with zero attached hydrogens (tertiary/aromatic N) is 4. The maximum atomic E-state index is 12.4. The highest BCUT2D eigenvalue weighted by atomic mass is 32.2. The minimum absolute atomic E-state index is 0.101. The van der Waals surface area contributed by atoms with Crippen LogP contribution in [0.5, 0.6) is 0 Å². The van der Waals surface area contributed by atoms with Crippen LogP contribution in [0, 0.1) is 20.8 Å². The number of aryl methyl sites for hydroxylation is 2. The van der Waals surface area contributed by atoms with Crippen molar-refractivity contribution in [1.29, 1.82) is 0 Å². The molecule has 0 atom stereocenters. The fourth-order valence-electron chi connectivity index (χ4n) is 2.56. The summed E-state index contributed by atoms with van der Waals surface area (Å²) in [6.45, 7) is 10.2. The van der Waals surface area contributed by atoms with Crippen molar-refractivity contribution in [3.8, 4) is 5.69 Å². The summed E-state index contributed by atoms with van der Waals surface area (Å²) in [6.07, 6.45) is 1.75. The molecule has 0 fully saturated rings. The molecule has 3 rings (SSSR count). The molecule has 7 nitrogen and oxygen atoms in total. The van der Waals surface area contributed by atoms with Crippen LogP contribution in [0.4, 0.5) is 10.8 Å². The van der Waals surface area contributed by atoms with Gasteiger partial charge in [-0.2, -0.15) is 5.10 Å². The second-order valence-electron chi connectivity index (χ2n) is 6.17. The molecule has 0 aliphatic rings. The first kappa shape index (κ1) is 20.1. The monoisotopic (exact) mass is 414 g/mol. The van der Waals surface area contributed by atoms with Crippen molar-refractivity contribution in [2.24, 2.45) is 0 Å². The highest BCUT2D eigenvalue weighted by Gasteiger charge is 2.16. The quantitative estimate of drug-likeness (QED) is 0.428. The molecule has 28 heavy (non-hydrogen) atoms. The Hall–Kier alpha value is -2.65. The number of rotatable bonds is 8. The van der Waals surface area contributed by atoms with Crippen LogP contribution in [0.15, 0.2) is 41.3 Å². The van der Waals surface area contributed by atoms with E-state index in [-0.39, 0.29) is 11.7 Å². The van der Waals surface area contributed by atoms with E-state index in [1.165, 1.54) is 28.7 Å². The van der Waals surface area contributed by atoms with E-state index in [4.69, 9.17) is 0 Å². The average Bonchev–Trinajstić information content (AvgIpc) is 3.25. The fourth-order valence-corrected chi connectivity index (χ4v) is 4.12. The van der Waals surface area contributed by atoms with Crippen molar-refractivity contribution in [3.05, 3.63) is 53.9 Å². The molecule has 0 radical (unpaired) electrons. The second kappa shape index (κ2) is 9.03. The van der Waals surface area contributed by atoms with Gasteiger partial charge in [0.05, 0.1) is 28.5 Å². The maximum Gasteiger partial charge on any atom is 0.234 e. The van der Waals surface area contributed by atoms with Gasteiger partial charge in [-0.1, -0.05) is 46.9 Å². The third-order valence-electron chi connectivity index (χ3n) is 3.97. The van der Waals surface area contributed by atoms with Gasteiger partial charge in [0.2, 0.25) is 11.0 Å². The summed E-state index contributed by atoms with van der Waals surface area (Å²) in [5, 5.41) is 19.4. The smallest absolute Gasteiger partial charge is 0.234 e. The van der Waals surface area contributed by atoms with E-state index in [0.717, 1.165) is 27.1 Å². The van der Waals surface area contributed by atoms with Crippen molar-refractivity contribution in [3.63, 3.8) is 0 Å². The van der Waals surface area contributed by atoms with Crippen molar-refractivity contribution in [2.45, 2.75) is 25.1 Å². The Morgan fingerprint density at radius 3 is 2.71 bits per heavy atom. The Balaban J connectivity index is 1.63. The molecule has 0 spiro atoms. The van der Waals surface area contributed by atoms with E-state index in [2.05, 4.69) is 32.5 Å². The summed E-state index contributed by atoms with van der Waals surface area (Å²) in [7, 11) is 0. The number of hydrogen-bond donors (Lipinski definition) is 2. The lowest BCUT2D eigenvalue weighted by atomic mass is 10.2. The Labute approximate surface area is 172 Å². The average molecular weight is 415 g/mol. The molecule has 2 heterocycles. The molecule has 1 amide bonds. The van der Waals surface area contributed by atoms with Crippen LogP contribution in [-0.2, 0) is 4.79 Å². The van der Waals surface area contributed by atoms with Crippen molar-refractivity contribution >= 4 is 39.8 Å². The molecule has 146 valence electrons. The lowest BCUT2D eigenvalue weighted by molar-refractivity contribution is -0.113. The topological polar surface area (TPSA) is 84.7 Å². The molecule has 2 N–H and O–H groups in total. The predicted octanol–water partition coefficient (Wildman–Crippen LogP) is 3.98. The zero-order valence-corrected chi connectivity index (χ0v) is 17.7. The lowest BCUT2D eigenvalue weighted by Crippen LogP contribution is -2.15. The third kappa shape index (κ3) is 4.79. The standard InChI is InChI=1S/C19H22N6OS2/c1-5-10-20-18-22-23-19(28-18)27-11-16(26)21-17-13(3)24-25(14(17)4)15-8-6-12(2)7-9-15/h5-9H,1,10-11H2,2-4H3,(H,20,22)(H,21,26). The molecule has 0 aliphatic heterocycles. The molecule has 0 aliphatic carbocycles. The van der Waals surface area contributed by atoms with Crippen molar-refractivity contribution in [2.75, 3.05) is 22.9 Å². The molecule has 1 aromatic carbocycles. The van der Waals surface area contributed by atoms with E-state index in [1.54, 1.807) is 6.08 Å². The highest BCUT2D eigenvalue weighted by Crippen LogP contribution is 2.27. The first-order valence-corrected chi connectivity index (χ1v) is 10.5.